The molecular formula is C22H24ClN5O. The van der Waals surface area contributed by atoms with E-state index < -0.39 is 6.17 Å². The Bertz CT molecular complexity index is 1120. The van der Waals surface area contributed by atoms with Crippen molar-refractivity contribution < 1.29 is 4.79 Å². The number of hydrogen-bond acceptors (Lipinski definition) is 4. The Morgan fingerprint density at radius 3 is 2.76 bits per heavy atom. The second-order valence-corrected chi connectivity index (χ2v) is 8.40. The molecule has 1 fully saturated rings. The summed E-state index contributed by atoms with van der Waals surface area (Å²) in [6, 6.07) is 11.9. The van der Waals surface area contributed by atoms with Gasteiger partial charge < -0.3 is 16.5 Å². The summed E-state index contributed by atoms with van der Waals surface area (Å²) in [6.45, 7) is 4.15. The van der Waals surface area contributed by atoms with Crippen molar-refractivity contribution in [3.05, 3.63) is 58.0 Å². The van der Waals surface area contributed by atoms with E-state index in [4.69, 9.17) is 17.4 Å². The third kappa shape index (κ3) is 3.72. The van der Waals surface area contributed by atoms with Gasteiger partial charge in [-0.3, -0.25) is 4.79 Å². The molecule has 7 heteroatoms. The first-order valence-corrected chi connectivity index (χ1v) is 10.1. The molecule has 0 radical (unpaired) electrons. The average molecular weight is 410 g/mol. The Balaban J connectivity index is 1.70. The zero-order valence-electron chi connectivity index (χ0n) is 16.5. The molecule has 150 valence electrons. The highest BCUT2D eigenvalue weighted by Crippen LogP contribution is 2.31. The summed E-state index contributed by atoms with van der Waals surface area (Å²) < 4.78 is 0. The van der Waals surface area contributed by atoms with Crippen molar-refractivity contribution in [3.8, 4) is 11.1 Å². The molecule has 1 amide bonds. The maximum atomic E-state index is 12.7. The SMILES string of the molecule is Cc1ccc(C(=O)NC2(C)CCC2)cc1-c1ccc2c(c1)=CNC(N=NN)C=2Cl. The fourth-order valence-corrected chi connectivity index (χ4v) is 4.14. The van der Waals surface area contributed by atoms with E-state index in [0.717, 1.165) is 40.0 Å². The maximum absolute atomic E-state index is 12.7. The average Bonchev–Trinajstić information content (AvgIpc) is 2.69. The van der Waals surface area contributed by atoms with Gasteiger partial charge in [-0.2, -0.15) is 0 Å². The van der Waals surface area contributed by atoms with Gasteiger partial charge in [0.05, 0.1) is 5.03 Å². The molecule has 1 heterocycles. The van der Waals surface area contributed by atoms with Crippen molar-refractivity contribution in [2.45, 2.75) is 44.8 Å². The van der Waals surface area contributed by atoms with Crippen molar-refractivity contribution in [1.82, 2.24) is 10.6 Å². The van der Waals surface area contributed by atoms with Crippen LogP contribution in [0.2, 0.25) is 0 Å². The molecule has 1 aliphatic carbocycles. The van der Waals surface area contributed by atoms with Crippen LogP contribution in [-0.4, -0.2) is 17.6 Å². The predicted molar refractivity (Wildman–Crippen MR) is 115 cm³/mol. The molecule has 0 saturated heterocycles. The van der Waals surface area contributed by atoms with Crippen molar-refractivity contribution >= 4 is 28.7 Å². The first kappa shape index (κ1) is 19.5. The molecule has 4 N–H and O–H groups in total. The van der Waals surface area contributed by atoms with Gasteiger partial charge >= 0.3 is 0 Å². The zero-order valence-corrected chi connectivity index (χ0v) is 17.3. The molecule has 1 atom stereocenters. The molecule has 2 aromatic rings. The lowest BCUT2D eigenvalue weighted by atomic mass is 9.78. The molecule has 6 nitrogen and oxygen atoms in total. The number of fused-ring (bicyclic) bond motifs is 1. The van der Waals surface area contributed by atoms with Gasteiger partial charge in [0.2, 0.25) is 0 Å². The van der Waals surface area contributed by atoms with Crippen LogP contribution in [0.4, 0.5) is 0 Å². The molecule has 2 aliphatic rings. The zero-order chi connectivity index (χ0) is 20.6. The molecule has 1 unspecified atom stereocenters. The van der Waals surface area contributed by atoms with Crippen molar-refractivity contribution in [2.24, 2.45) is 16.2 Å². The Labute approximate surface area is 174 Å². The van der Waals surface area contributed by atoms with Gasteiger partial charge in [-0.05, 0) is 73.2 Å². The lowest BCUT2D eigenvalue weighted by Gasteiger charge is -2.39. The fraction of sp³-hybridized carbons (Fsp3) is 0.318. The number of carbonyl (C=O) groups excluding carboxylic acids is 1. The number of benzene rings is 2. The van der Waals surface area contributed by atoms with Crippen LogP contribution in [0.15, 0.2) is 46.7 Å². The molecule has 0 spiro atoms. The van der Waals surface area contributed by atoms with Gasteiger partial charge in [0, 0.05) is 22.5 Å². The standard InChI is InChI=1S/C22H24ClN5O/c1-13-4-5-15(21(29)26-22(2)8-3-9-22)11-18(13)14-6-7-17-16(10-14)12-25-20(19(17)23)27-28-24/h4-7,10-12,20,25H,3,8-9H2,1-2H3,(H2,24,27)(H,26,29). The van der Waals surface area contributed by atoms with Crippen molar-refractivity contribution in [1.29, 1.82) is 0 Å². The van der Waals surface area contributed by atoms with Gasteiger partial charge in [0.1, 0.15) is 0 Å². The first-order chi connectivity index (χ1) is 13.9. The normalized spacial score (nSPS) is 19.7. The molecule has 1 aliphatic heterocycles. The number of nitrogens with two attached hydrogens (primary N) is 1. The Morgan fingerprint density at radius 2 is 2.07 bits per heavy atom. The lowest BCUT2D eigenvalue weighted by Crippen LogP contribution is -2.50. The Hall–Kier alpha value is -2.86. The minimum atomic E-state index is -0.471. The topological polar surface area (TPSA) is 91.9 Å². The highest BCUT2D eigenvalue weighted by molar-refractivity contribution is 6.46. The Kier molecular flexibility index (Phi) is 5.04. The quantitative estimate of drug-likeness (QED) is 0.412. The van der Waals surface area contributed by atoms with Gasteiger partial charge in [0.15, 0.2) is 6.17 Å². The maximum Gasteiger partial charge on any atom is 0.251 e. The van der Waals surface area contributed by atoms with Crippen LogP contribution < -0.4 is 26.9 Å². The first-order valence-electron chi connectivity index (χ1n) is 9.70. The second kappa shape index (κ2) is 7.52. The summed E-state index contributed by atoms with van der Waals surface area (Å²) in [5.74, 6) is 5.13. The van der Waals surface area contributed by atoms with Crippen LogP contribution in [-0.2, 0) is 0 Å². The summed E-state index contributed by atoms with van der Waals surface area (Å²) in [6.07, 6.45) is 4.62. The number of hydrogen-bond donors (Lipinski definition) is 3. The summed E-state index contributed by atoms with van der Waals surface area (Å²) in [7, 11) is 0. The minimum absolute atomic E-state index is 0.0222. The van der Waals surface area contributed by atoms with E-state index in [9.17, 15) is 4.79 Å². The highest BCUT2D eigenvalue weighted by Gasteiger charge is 2.33. The number of carbonyl (C=O) groups is 1. The molecule has 4 rings (SSSR count). The van der Waals surface area contributed by atoms with E-state index in [1.54, 1.807) is 0 Å². The smallest absolute Gasteiger partial charge is 0.251 e. The largest absolute Gasteiger partial charge is 0.363 e. The van der Waals surface area contributed by atoms with Gasteiger partial charge in [-0.25, -0.2) is 0 Å². The molecule has 29 heavy (non-hydrogen) atoms. The number of amides is 1. The van der Waals surface area contributed by atoms with Crippen molar-refractivity contribution in [3.63, 3.8) is 0 Å². The van der Waals surface area contributed by atoms with E-state index in [1.807, 2.05) is 43.5 Å². The van der Waals surface area contributed by atoms with E-state index >= 15 is 0 Å². The van der Waals surface area contributed by atoms with Crippen LogP contribution in [0.5, 0.6) is 0 Å². The minimum Gasteiger partial charge on any atom is -0.363 e. The number of nitrogens with zero attached hydrogens (tertiary/aromatic N) is 2. The summed E-state index contributed by atoms with van der Waals surface area (Å²) >= 11 is 6.44. The number of rotatable bonds is 4. The van der Waals surface area contributed by atoms with Crippen LogP contribution in [0.25, 0.3) is 22.4 Å². The lowest BCUT2D eigenvalue weighted by molar-refractivity contribution is 0.0850. The van der Waals surface area contributed by atoms with E-state index in [-0.39, 0.29) is 11.4 Å². The number of nitrogens with one attached hydrogen (secondary N) is 2. The highest BCUT2D eigenvalue weighted by atomic mass is 35.5. The fourth-order valence-electron chi connectivity index (χ4n) is 3.86. The number of halogens is 1. The summed E-state index contributed by atoms with van der Waals surface area (Å²) in [5.41, 5.74) is 3.75. The Morgan fingerprint density at radius 1 is 1.28 bits per heavy atom. The van der Waals surface area contributed by atoms with Crippen LogP contribution in [0.1, 0.15) is 42.1 Å². The van der Waals surface area contributed by atoms with Crippen LogP contribution in [0, 0.1) is 6.92 Å². The van der Waals surface area contributed by atoms with Gasteiger partial charge in [-0.15, -0.1) is 5.11 Å². The van der Waals surface area contributed by atoms with Crippen LogP contribution in [0.3, 0.4) is 0 Å². The third-order valence-electron chi connectivity index (χ3n) is 5.81. The summed E-state index contributed by atoms with van der Waals surface area (Å²) in [4.78, 5) is 12.7. The third-order valence-corrected chi connectivity index (χ3v) is 6.22. The predicted octanol–water partition coefficient (Wildman–Crippen LogP) is 2.67. The monoisotopic (exact) mass is 409 g/mol. The number of aryl methyl sites for hydroxylation is 1. The van der Waals surface area contributed by atoms with E-state index in [0.29, 0.717) is 10.6 Å². The van der Waals surface area contributed by atoms with E-state index in [2.05, 4.69) is 34.0 Å². The molecule has 0 aromatic heterocycles. The second-order valence-electron chi connectivity index (χ2n) is 7.99. The van der Waals surface area contributed by atoms with Gasteiger partial charge in [0.25, 0.3) is 5.91 Å². The molecule has 0 bridgehead atoms. The van der Waals surface area contributed by atoms with Crippen LogP contribution >= 0.6 is 11.6 Å². The molecule has 2 aromatic carbocycles. The van der Waals surface area contributed by atoms with E-state index in [1.165, 1.54) is 6.42 Å². The molecular weight excluding hydrogens is 386 g/mol. The molecule has 1 saturated carbocycles. The summed E-state index contributed by atoms with van der Waals surface area (Å²) in [5, 5.41) is 15.8. The van der Waals surface area contributed by atoms with Gasteiger partial charge in [-0.1, -0.05) is 35.0 Å². The van der Waals surface area contributed by atoms with Crippen molar-refractivity contribution in [2.75, 3.05) is 0 Å².